The van der Waals surface area contributed by atoms with Gasteiger partial charge in [-0.25, -0.2) is 4.39 Å². The maximum Gasteiger partial charge on any atom is 0.326 e. The molecule has 0 aliphatic carbocycles. The predicted octanol–water partition coefficient (Wildman–Crippen LogP) is 0.978. The van der Waals surface area contributed by atoms with Gasteiger partial charge in [0.05, 0.1) is 20.3 Å². The fraction of sp³-hybridized carbons (Fsp3) is 0.385. The van der Waals surface area contributed by atoms with Crippen molar-refractivity contribution >= 4 is 17.6 Å². The molecular formula is C13H14FNO4. The van der Waals surface area contributed by atoms with E-state index in [1.807, 2.05) is 0 Å². The third-order valence-electron chi connectivity index (χ3n) is 3.18. The maximum absolute atomic E-state index is 13.2. The molecule has 1 aliphatic rings. The number of hydrogen-bond donors (Lipinski definition) is 0. The Labute approximate surface area is 109 Å². The minimum atomic E-state index is -1.31. The molecule has 0 atom stereocenters. The van der Waals surface area contributed by atoms with Gasteiger partial charge < -0.3 is 14.4 Å². The fourth-order valence-electron chi connectivity index (χ4n) is 1.95. The zero-order chi connectivity index (χ0) is 14.0. The molecule has 1 aromatic carbocycles. The summed E-state index contributed by atoms with van der Waals surface area (Å²) in [5, 5.41) is 0. The normalized spacial score (nSPS) is 16.4. The number of anilines is 1. The van der Waals surface area contributed by atoms with Crippen LogP contribution in [0.15, 0.2) is 24.3 Å². The van der Waals surface area contributed by atoms with Crippen LogP contribution in [0.3, 0.4) is 0 Å². The molecule has 0 N–H and O–H groups in total. The summed E-state index contributed by atoms with van der Waals surface area (Å²) in [5.74, 6) is -1.54. The molecule has 1 heterocycles. The van der Waals surface area contributed by atoms with Crippen LogP contribution < -0.4 is 4.90 Å². The molecule has 1 aliphatic heterocycles. The number of ether oxygens (including phenoxy) is 2. The number of nitrogens with zero attached hydrogens (tertiary/aromatic N) is 1. The van der Waals surface area contributed by atoms with Crippen LogP contribution in [0.1, 0.15) is 0 Å². The summed E-state index contributed by atoms with van der Waals surface area (Å²) >= 11 is 0. The summed E-state index contributed by atoms with van der Waals surface area (Å²) in [6.07, 6.45) is 0. The largest absolute Gasteiger partial charge is 0.468 e. The highest BCUT2D eigenvalue weighted by atomic mass is 19.1. The minimum Gasteiger partial charge on any atom is -0.468 e. The van der Waals surface area contributed by atoms with Crippen LogP contribution in [0.25, 0.3) is 0 Å². The number of hydrogen-bond acceptors (Lipinski definition) is 4. The second-order valence-electron chi connectivity index (χ2n) is 4.41. The molecule has 1 saturated heterocycles. The molecule has 19 heavy (non-hydrogen) atoms. The lowest BCUT2D eigenvalue weighted by molar-refractivity contribution is -0.186. The van der Waals surface area contributed by atoms with Gasteiger partial charge in [-0.3, -0.25) is 9.59 Å². The molecule has 102 valence electrons. The molecular weight excluding hydrogens is 253 g/mol. The van der Waals surface area contributed by atoms with E-state index in [1.165, 1.54) is 37.3 Å². The second kappa shape index (κ2) is 4.97. The van der Waals surface area contributed by atoms with Crippen LogP contribution in [-0.4, -0.2) is 39.2 Å². The molecule has 5 nitrogen and oxygen atoms in total. The number of carbonyl (C=O) groups excluding carboxylic acids is 2. The molecule has 1 fully saturated rings. The first kappa shape index (κ1) is 13.5. The Hall–Kier alpha value is -1.95. The Morgan fingerprint density at radius 2 is 2.11 bits per heavy atom. The first-order chi connectivity index (χ1) is 9.01. The van der Waals surface area contributed by atoms with E-state index in [0.717, 1.165) is 0 Å². The van der Waals surface area contributed by atoms with Crippen molar-refractivity contribution in [2.24, 2.45) is 5.41 Å². The van der Waals surface area contributed by atoms with Crippen LogP contribution in [0.2, 0.25) is 0 Å². The smallest absolute Gasteiger partial charge is 0.326 e. The number of methoxy groups -OCH3 is 1. The monoisotopic (exact) mass is 267 g/mol. The van der Waals surface area contributed by atoms with E-state index < -0.39 is 23.1 Å². The zero-order valence-corrected chi connectivity index (χ0v) is 10.7. The molecule has 0 saturated carbocycles. The van der Waals surface area contributed by atoms with Crippen LogP contribution in [0, 0.1) is 11.2 Å². The van der Waals surface area contributed by atoms with E-state index in [9.17, 15) is 14.0 Å². The zero-order valence-electron chi connectivity index (χ0n) is 10.7. The summed E-state index contributed by atoms with van der Waals surface area (Å²) < 4.78 is 22.8. The minimum absolute atomic E-state index is 0.0157. The Bertz CT molecular complexity index is 513. The van der Waals surface area contributed by atoms with Gasteiger partial charge in [0.15, 0.2) is 5.41 Å². The number of carbonyl (C=O) groups is 2. The molecule has 0 unspecified atom stereocenters. The van der Waals surface area contributed by atoms with Gasteiger partial charge in [0.2, 0.25) is 5.91 Å². The molecule has 1 amide bonds. The summed E-state index contributed by atoms with van der Waals surface area (Å²) in [7, 11) is 2.71. The standard InChI is InChI=1S/C13H14FNO4/c1-15(10-5-3-4-9(14)6-10)11(16)13(7-19-8-13)12(17)18-2/h3-6H,7-8H2,1-2H3. The van der Waals surface area contributed by atoms with Gasteiger partial charge in [-0.15, -0.1) is 0 Å². The highest BCUT2D eigenvalue weighted by molar-refractivity contribution is 6.10. The van der Waals surface area contributed by atoms with Crippen LogP contribution in [-0.2, 0) is 19.1 Å². The first-order valence-electron chi connectivity index (χ1n) is 5.71. The number of esters is 1. The summed E-state index contributed by atoms with van der Waals surface area (Å²) in [6.45, 7) is -0.0314. The lowest BCUT2D eigenvalue weighted by Crippen LogP contribution is -2.59. The van der Waals surface area contributed by atoms with Gasteiger partial charge >= 0.3 is 5.97 Å². The molecule has 1 aromatic rings. The molecule has 6 heteroatoms. The quantitative estimate of drug-likeness (QED) is 0.605. The van der Waals surface area contributed by atoms with Gasteiger partial charge in [-0.05, 0) is 18.2 Å². The van der Waals surface area contributed by atoms with E-state index in [0.29, 0.717) is 5.69 Å². The van der Waals surface area contributed by atoms with E-state index in [2.05, 4.69) is 4.74 Å². The van der Waals surface area contributed by atoms with Gasteiger partial charge in [-0.2, -0.15) is 0 Å². The van der Waals surface area contributed by atoms with Crippen molar-refractivity contribution in [2.75, 3.05) is 32.3 Å². The summed E-state index contributed by atoms with van der Waals surface area (Å²) in [6, 6.07) is 5.59. The van der Waals surface area contributed by atoms with E-state index in [-0.39, 0.29) is 13.2 Å². The molecule has 2 rings (SSSR count). The Morgan fingerprint density at radius 3 is 2.58 bits per heavy atom. The summed E-state index contributed by atoms with van der Waals surface area (Å²) in [4.78, 5) is 25.4. The van der Waals surface area contributed by atoms with Crippen LogP contribution >= 0.6 is 0 Å². The number of amides is 1. The van der Waals surface area contributed by atoms with Crippen molar-refractivity contribution in [2.45, 2.75) is 0 Å². The van der Waals surface area contributed by atoms with Gasteiger partial charge in [0, 0.05) is 12.7 Å². The Kier molecular flexibility index (Phi) is 3.53. The van der Waals surface area contributed by atoms with Crippen molar-refractivity contribution in [3.8, 4) is 0 Å². The maximum atomic E-state index is 13.2. The highest BCUT2D eigenvalue weighted by Crippen LogP contribution is 2.32. The lowest BCUT2D eigenvalue weighted by Gasteiger charge is -2.39. The third-order valence-corrected chi connectivity index (χ3v) is 3.18. The summed E-state index contributed by atoms with van der Waals surface area (Å²) in [5.41, 5.74) is -0.935. The average Bonchev–Trinajstić information content (AvgIpc) is 2.36. The first-order valence-corrected chi connectivity index (χ1v) is 5.71. The molecule has 0 aromatic heterocycles. The van der Waals surface area contributed by atoms with Crippen molar-refractivity contribution in [1.82, 2.24) is 0 Å². The molecule has 0 radical (unpaired) electrons. The van der Waals surface area contributed by atoms with Gasteiger partial charge in [0.25, 0.3) is 0 Å². The number of halogens is 1. The fourth-order valence-corrected chi connectivity index (χ4v) is 1.95. The highest BCUT2D eigenvalue weighted by Gasteiger charge is 2.55. The van der Waals surface area contributed by atoms with Crippen molar-refractivity contribution < 1.29 is 23.5 Å². The van der Waals surface area contributed by atoms with Gasteiger partial charge in [0.1, 0.15) is 5.82 Å². The Balaban J connectivity index is 2.26. The van der Waals surface area contributed by atoms with E-state index in [4.69, 9.17) is 4.74 Å². The van der Waals surface area contributed by atoms with Crippen LogP contribution in [0.4, 0.5) is 10.1 Å². The number of benzene rings is 1. The third kappa shape index (κ3) is 2.19. The van der Waals surface area contributed by atoms with Gasteiger partial charge in [-0.1, -0.05) is 6.07 Å². The average molecular weight is 267 g/mol. The topological polar surface area (TPSA) is 55.8 Å². The van der Waals surface area contributed by atoms with Crippen molar-refractivity contribution in [1.29, 1.82) is 0 Å². The van der Waals surface area contributed by atoms with Crippen molar-refractivity contribution in [3.05, 3.63) is 30.1 Å². The van der Waals surface area contributed by atoms with Crippen molar-refractivity contribution in [3.63, 3.8) is 0 Å². The van der Waals surface area contributed by atoms with E-state index >= 15 is 0 Å². The Morgan fingerprint density at radius 1 is 1.42 bits per heavy atom. The van der Waals surface area contributed by atoms with Crippen LogP contribution in [0.5, 0.6) is 0 Å². The molecule has 0 bridgehead atoms. The SMILES string of the molecule is COC(=O)C1(C(=O)N(C)c2cccc(F)c2)COC1. The predicted molar refractivity (Wildman–Crippen MR) is 65.1 cm³/mol. The molecule has 0 spiro atoms. The number of rotatable bonds is 3. The van der Waals surface area contributed by atoms with E-state index in [1.54, 1.807) is 6.07 Å². The lowest BCUT2D eigenvalue weighted by atomic mass is 9.84. The second-order valence-corrected chi connectivity index (χ2v) is 4.41.